The van der Waals surface area contributed by atoms with Gasteiger partial charge in [-0.3, -0.25) is 0 Å². The minimum Gasteiger partial charge on any atom is -0.486 e. The second-order valence-corrected chi connectivity index (χ2v) is 7.49. The molecule has 0 radical (unpaired) electrons. The van der Waals surface area contributed by atoms with Crippen LogP contribution in [-0.2, 0) is 0 Å². The Kier molecular flexibility index (Phi) is 5.14. The molecule has 4 rings (SSSR count). The van der Waals surface area contributed by atoms with E-state index in [0.29, 0.717) is 16.6 Å². The molecule has 0 saturated carbocycles. The second kappa shape index (κ2) is 7.89. The average molecular weight is 405 g/mol. The van der Waals surface area contributed by atoms with Crippen LogP contribution in [0.3, 0.4) is 0 Å². The number of hydrogen-bond donors (Lipinski definition) is 1. The molecule has 0 unspecified atom stereocenters. The first-order valence-corrected chi connectivity index (χ1v) is 10.0. The molecule has 2 aromatic heterocycles. The van der Waals surface area contributed by atoms with Gasteiger partial charge in [-0.1, -0.05) is 60.7 Å². The van der Waals surface area contributed by atoms with Gasteiger partial charge in [0.1, 0.15) is 11.4 Å². The maximum atomic E-state index is 11.3. The van der Waals surface area contributed by atoms with Gasteiger partial charge >= 0.3 is 5.97 Å². The van der Waals surface area contributed by atoms with Crippen molar-refractivity contribution < 1.29 is 14.6 Å². The standard InChI is InChI=1S/C22H19N3O3S/c1-14(2)28-20-18(15-9-5-3-6-10-15)24-25(19(20)16-11-7-4-8-12-16)22-23-17(13-29-22)21(26)27/h3-14H,1-2H3,(H,26,27). The summed E-state index contributed by atoms with van der Waals surface area (Å²) in [5, 5.41) is 16.1. The van der Waals surface area contributed by atoms with Gasteiger partial charge in [0, 0.05) is 16.5 Å². The van der Waals surface area contributed by atoms with E-state index in [-0.39, 0.29) is 11.8 Å². The Morgan fingerprint density at radius 2 is 1.66 bits per heavy atom. The van der Waals surface area contributed by atoms with E-state index in [4.69, 9.17) is 9.84 Å². The summed E-state index contributed by atoms with van der Waals surface area (Å²) in [7, 11) is 0. The Balaban J connectivity index is 2.00. The number of carboxylic acids is 1. The van der Waals surface area contributed by atoms with Crippen molar-refractivity contribution in [1.29, 1.82) is 0 Å². The lowest BCUT2D eigenvalue weighted by molar-refractivity contribution is 0.0691. The molecular formula is C22H19N3O3S. The molecule has 0 bridgehead atoms. The zero-order chi connectivity index (χ0) is 20.4. The third-order valence-corrected chi connectivity index (χ3v) is 5.00. The lowest BCUT2D eigenvalue weighted by Crippen LogP contribution is -2.07. The van der Waals surface area contributed by atoms with E-state index in [1.807, 2.05) is 74.5 Å². The smallest absolute Gasteiger partial charge is 0.355 e. The molecule has 0 spiro atoms. The Bertz CT molecular complexity index is 1130. The summed E-state index contributed by atoms with van der Waals surface area (Å²) in [5.41, 5.74) is 3.24. The predicted molar refractivity (Wildman–Crippen MR) is 113 cm³/mol. The Morgan fingerprint density at radius 1 is 1.03 bits per heavy atom. The lowest BCUT2D eigenvalue weighted by atomic mass is 10.1. The first kappa shape index (κ1) is 18.9. The Morgan fingerprint density at radius 3 is 2.21 bits per heavy atom. The van der Waals surface area contributed by atoms with E-state index in [1.54, 1.807) is 4.68 Å². The molecule has 0 saturated heterocycles. The second-order valence-electron chi connectivity index (χ2n) is 6.66. The molecule has 4 aromatic rings. The van der Waals surface area contributed by atoms with Crippen LogP contribution in [0, 0.1) is 0 Å². The fraction of sp³-hybridized carbons (Fsp3) is 0.136. The molecule has 0 atom stereocenters. The minimum atomic E-state index is -1.07. The highest BCUT2D eigenvalue weighted by atomic mass is 32.1. The Labute approximate surface area is 172 Å². The molecule has 0 fully saturated rings. The fourth-order valence-corrected chi connectivity index (χ4v) is 3.74. The number of rotatable bonds is 6. The van der Waals surface area contributed by atoms with Crippen molar-refractivity contribution in [1.82, 2.24) is 14.8 Å². The normalized spacial score (nSPS) is 11.0. The molecule has 0 aliphatic heterocycles. The number of aromatic carboxylic acids is 1. The third kappa shape index (κ3) is 3.77. The van der Waals surface area contributed by atoms with E-state index >= 15 is 0 Å². The molecule has 29 heavy (non-hydrogen) atoms. The van der Waals surface area contributed by atoms with Crippen molar-refractivity contribution in [3.63, 3.8) is 0 Å². The first-order valence-electron chi connectivity index (χ1n) is 9.14. The first-order chi connectivity index (χ1) is 14.0. The lowest BCUT2D eigenvalue weighted by Gasteiger charge is -2.13. The third-order valence-electron chi connectivity index (χ3n) is 4.18. The maximum Gasteiger partial charge on any atom is 0.355 e. The molecule has 7 heteroatoms. The summed E-state index contributed by atoms with van der Waals surface area (Å²) < 4.78 is 7.89. The zero-order valence-electron chi connectivity index (χ0n) is 15.9. The molecule has 6 nitrogen and oxygen atoms in total. The van der Waals surface area contributed by atoms with Crippen molar-refractivity contribution in [2.75, 3.05) is 0 Å². The van der Waals surface area contributed by atoms with Gasteiger partial charge in [0.05, 0.1) is 6.10 Å². The summed E-state index contributed by atoms with van der Waals surface area (Å²) in [6.07, 6.45) is -0.0663. The van der Waals surface area contributed by atoms with Crippen LogP contribution in [0.4, 0.5) is 0 Å². The number of nitrogens with zero attached hydrogens (tertiary/aromatic N) is 3. The molecular weight excluding hydrogens is 386 g/mol. The monoisotopic (exact) mass is 405 g/mol. The number of carbonyl (C=O) groups is 1. The predicted octanol–water partition coefficient (Wildman–Crippen LogP) is 5.15. The van der Waals surface area contributed by atoms with Gasteiger partial charge in [-0.25, -0.2) is 14.5 Å². The van der Waals surface area contributed by atoms with E-state index in [9.17, 15) is 9.90 Å². The molecule has 0 aliphatic rings. The van der Waals surface area contributed by atoms with Gasteiger partial charge in [0.25, 0.3) is 0 Å². The van der Waals surface area contributed by atoms with Gasteiger partial charge in [-0.05, 0) is 13.8 Å². The molecule has 2 aromatic carbocycles. The summed E-state index contributed by atoms with van der Waals surface area (Å²) >= 11 is 1.23. The number of thiazole rings is 1. The average Bonchev–Trinajstić information content (AvgIpc) is 3.34. The van der Waals surface area contributed by atoms with Gasteiger partial charge in [0.15, 0.2) is 11.4 Å². The Hall–Kier alpha value is -3.45. The molecule has 2 heterocycles. The number of aromatic nitrogens is 3. The van der Waals surface area contributed by atoms with Crippen LogP contribution in [0.15, 0.2) is 66.0 Å². The van der Waals surface area contributed by atoms with Crippen LogP contribution in [0.25, 0.3) is 27.6 Å². The van der Waals surface area contributed by atoms with Crippen LogP contribution < -0.4 is 4.74 Å². The summed E-state index contributed by atoms with van der Waals surface area (Å²) in [6, 6.07) is 19.6. The highest BCUT2D eigenvalue weighted by Crippen LogP contribution is 2.41. The van der Waals surface area contributed by atoms with Crippen molar-refractivity contribution in [2.24, 2.45) is 0 Å². The van der Waals surface area contributed by atoms with Gasteiger partial charge in [-0.15, -0.1) is 11.3 Å². The van der Waals surface area contributed by atoms with Crippen LogP contribution in [0.2, 0.25) is 0 Å². The molecule has 1 N–H and O–H groups in total. The van der Waals surface area contributed by atoms with Crippen molar-refractivity contribution in [3.05, 3.63) is 71.7 Å². The number of carboxylic acid groups (broad SMARTS) is 1. The van der Waals surface area contributed by atoms with Crippen LogP contribution >= 0.6 is 11.3 Å². The molecule has 0 amide bonds. The van der Waals surface area contributed by atoms with Crippen molar-refractivity contribution in [3.8, 4) is 33.4 Å². The highest BCUT2D eigenvalue weighted by molar-refractivity contribution is 7.12. The quantitative estimate of drug-likeness (QED) is 0.480. The van der Waals surface area contributed by atoms with E-state index < -0.39 is 5.97 Å². The number of benzene rings is 2. The van der Waals surface area contributed by atoms with Gasteiger partial charge in [-0.2, -0.15) is 5.10 Å². The maximum absolute atomic E-state index is 11.3. The zero-order valence-corrected chi connectivity index (χ0v) is 16.8. The minimum absolute atomic E-state index is 0.00731. The van der Waals surface area contributed by atoms with Crippen LogP contribution in [-0.4, -0.2) is 31.9 Å². The topological polar surface area (TPSA) is 77.2 Å². The molecule has 0 aliphatic carbocycles. The van der Waals surface area contributed by atoms with Gasteiger partial charge in [0.2, 0.25) is 5.13 Å². The van der Waals surface area contributed by atoms with Crippen LogP contribution in [0.5, 0.6) is 5.75 Å². The number of ether oxygens (including phenoxy) is 1. The van der Waals surface area contributed by atoms with Crippen molar-refractivity contribution in [2.45, 2.75) is 20.0 Å². The van der Waals surface area contributed by atoms with E-state index in [1.165, 1.54) is 16.7 Å². The van der Waals surface area contributed by atoms with Gasteiger partial charge < -0.3 is 9.84 Å². The summed E-state index contributed by atoms with van der Waals surface area (Å²) in [5.74, 6) is -0.424. The largest absolute Gasteiger partial charge is 0.486 e. The van der Waals surface area contributed by atoms with Crippen molar-refractivity contribution >= 4 is 17.3 Å². The summed E-state index contributed by atoms with van der Waals surface area (Å²) in [4.78, 5) is 15.6. The fourth-order valence-electron chi connectivity index (χ4n) is 2.98. The highest BCUT2D eigenvalue weighted by Gasteiger charge is 2.25. The summed E-state index contributed by atoms with van der Waals surface area (Å²) in [6.45, 7) is 3.93. The number of hydrogen-bond acceptors (Lipinski definition) is 5. The van der Waals surface area contributed by atoms with E-state index in [0.717, 1.165) is 16.8 Å². The molecule has 146 valence electrons. The van der Waals surface area contributed by atoms with Crippen LogP contribution in [0.1, 0.15) is 24.3 Å². The van der Waals surface area contributed by atoms with E-state index in [2.05, 4.69) is 4.98 Å². The SMILES string of the molecule is CC(C)Oc1c(-c2ccccc2)nn(-c2nc(C(=O)O)cs2)c1-c1ccccc1.